The minimum absolute atomic E-state index is 0.207. The normalized spacial score (nSPS) is 17.0. The number of fused-ring (bicyclic) bond motifs is 9. The van der Waals surface area contributed by atoms with Gasteiger partial charge in [0.2, 0.25) is 0 Å². The Morgan fingerprint density at radius 2 is 1.00 bits per heavy atom. The molecule has 11 rings (SSSR count). The van der Waals surface area contributed by atoms with Gasteiger partial charge in [-0.3, -0.25) is 5.32 Å². The molecular weight excluding hydrogens is 683 g/mol. The topological polar surface area (TPSA) is 45.7 Å². The quantitative estimate of drug-likeness (QED) is 0.186. The molecule has 0 amide bonds. The predicted octanol–water partition coefficient (Wildman–Crippen LogP) is 11.8. The fourth-order valence-electron chi connectivity index (χ4n) is 9.28. The van der Waals surface area contributed by atoms with E-state index in [-0.39, 0.29) is 12.3 Å². The van der Waals surface area contributed by atoms with Crippen LogP contribution in [-0.4, -0.2) is 5.84 Å². The molecule has 0 aromatic heterocycles. The highest BCUT2D eigenvalue weighted by molar-refractivity contribution is 6.00. The summed E-state index contributed by atoms with van der Waals surface area (Å²) in [6.45, 7) is 0. The van der Waals surface area contributed by atoms with E-state index in [1.807, 2.05) is 6.07 Å². The van der Waals surface area contributed by atoms with Gasteiger partial charge in [-0.2, -0.15) is 0 Å². The van der Waals surface area contributed by atoms with Gasteiger partial charge in [0, 0.05) is 16.7 Å². The fourth-order valence-corrected chi connectivity index (χ4v) is 9.28. The highest BCUT2D eigenvalue weighted by atomic mass is 16.5. The summed E-state index contributed by atoms with van der Waals surface area (Å²) in [6, 6.07) is 71.4. The van der Waals surface area contributed by atoms with Gasteiger partial charge in [-0.1, -0.05) is 182 Å². The van der Waals surface area contributed by atoms with E-state index in [2.05, 4.69) is 205 Å². The molecule has 0 saturated heterocycles. The molecule has 4 nitrogen and oxygen atoms in total. The van der Waals surface area contributed by atoms with Crippen molar-refractivity contribution in [3.63, 3.8) is 0 Å². The van der Waals surface area contributed by atoms with Crippen LogP contribution in [0.1, 0.15) is 51.3 Å². The maximum atomic E-state index is 6.58. The third kappa shape index (κ3) is 5.00. The van der Waals surface area contributed by atoms with Crippen molar-refractivity contribution in [3.8, 4) is 44.9 Å². The smallest absolute Gasteiger partial charge is 0.132 e. The summed E-state index contributed by atoms with van der Waals surface area (Å²) in [5.41, 5.74) is 14.9. The average Bonchev–Trinajstić information content (AvgIpc) is 3.58. The van der Waals surface area contributed by atoms with E-state index in [1.165, 1.54) is 50.1 Å². The van der Waals surface area contributed by atoms with Crippen LogP contribution in [0.25, 0.3) is 33.4 Å². The van der Waals surface area contributed by atoms with Gasteiger partial charge in [0.1, 0.15) is 29.7 Å². The highest BCUT2D eigenvalue weighted by Gasteiger charge is 2.51. The third-order valence-corrected chi connectivity index (χ3v) is 11.7. The van der Waals surface area contributed by atoms with Crippen LogP contribution >= 0.6 is 0 Å². The van der Waals surface area contributed by atoms with E-state index in [9.17, 15) is 0 Å². The van der Waals surface area contributed by atoms with E-state index < -0.39 is 5.41 Å². The Morgan fingerprint density at radius 3 is 1.75 bits per heavy atom. The number of aliphatic imine (C=N–C) groups is 1. The Kier molecular flexibility index (Phi) is 7.58. The molecule has 0 saturated carbocycles. The summed E-state index contributed by atoms with van der Waals surface area (Å²) >= 11 is 0. The van der Waals surface area contributed by atoms with Crippen LogP contribution in [0.15, 0.2) is 205 Å². The molecule has 3 aliphatic rings. The Balaban J connectivity index is 1.06. The fraction of sp³-hybridized carbons (Fsp3) is 0.0577. The van der Waals surface area contributed by atoms with Crippen molar-refractivity contribution >= 4 is 5.84 Å². The van der Waals surface area contributed by atoms with Crippen LogP contribution in [-0.2, 0) is 5.41 Å². The standard InChI is InChI=1S/C52H37N3O/c1-3-17-34(18-4-1)38-23-7-8-24-40(38)51-54-49(35-19-5-2-6-20-35)53-50(55-51)37-22-15-21-36(33-37)39-26-16-30-45-48(39)41-25-9-10-27-42(41)52(45)43-28-11-13-31-46(43)56-47-32-14-12-29-44(47)52/h1-33,50-51,55H,(H,53,54). The third-order valence-electron chi connectivity index (χ3n) is 11.7. The Morgan fingerprint density at radius 1 is 0.446 bits per heavy atom. The second-order valence-electron chi connectivity index (χ2n) is 14.7. The molecule has 266 valence electrons. The van der Waals surface area contributed by atoms with E-state index in [4.69, 9.17) is 9.73 Å². The zero-order valence-electron chi connectivity index (χ0n) is 30.6. The van der Waals surface area contributed by atoms with Crippen molar-refractivity contribution in [2.75, 3.05) is 0 Å². The minimum atomic E-state index is -0.516. The highest BCUT2D eigenvalue weighted by Crippen LogP contribution is 2.63. The van der Waals surface area contributed by atoms with Crippen LogP contribution in [0.3, 0.4) is 0 Å². The largest absolute Gasteiger partial charge is 0.457 e. The van der Waals surface area contributed by atoms with Crippen molar-refractivity contribution in [2.45, 2.75) is 17.7 Å². The molecule has 2 atom stereocenters. The molecule has 2 N–H and O–H groups in total. The molecule has 1 spiro atoms. The van der Waals surface area contributed by atoms with Crippen LogP contribution < -0.4 is 15.4 Å². The molecule has 2 unspecified atom stereocenters. The maximum Gasteiger partial charge on any atom is 0.132 e. The zero-order chi connectivity index (χ0) is 37.1. The van der Waals surface area contributed by atoms with Crippen molar-refractivity contribution in [3.05, 3.63) is 239 Å². The number of rotatable bonds is 5. The number of para-hydroxylation sites is 2. The van der Waals surface area contributed by atoms with Crippen LogP contribution in [0.2, 0.25) is 0 Å². The van der Waals surface area contributed by atoms with Crippen LogP contribution in [0.4, 0.5) is 0 Å². The first kappa shape index (κ1) is 32.4. The molecule has 0 fully saturated rings. The molecule has 8 aromatic carbocycles. The average molecular weight is 720 g/mol. The second kappa shape index (κ2) is 13.1. The number of ether oxygens (including phenoxy) is 1. The van der Waals surface area contributed by atoms with Crippen LogP contribution in [0, 0.1) is 0 Å². The van der Waals surface area contributed by atoms with Gasteiger partial charge in [0.15, 0.2) is 0 Å². The molecule has 56 heavy (non-hydrogen) atoms. The predicted molar refractivity (Wildman–Crippen MR) is 226 cm³/mol. The summed E-state index contributed by atoms with van der Waals surface area (Å²) in [7, 11) is 0. The summed E-state index contributed by atoms with van der Waals surface area (Å²) in [4.78, 5) is 5.31. The number of benzene rings is 8. The second-order valence-corrected chi connectivity index (χ2v) is 14.7. The van der Waals surface area contributed by atoms with E-state index in [1.54, 1.807) is 0 Å². The SMILES string of the molecule is c1ccc(C2=NC(c3ccccc3-c3ccccc3)NC(c3cccc(-c4cccc5c4-c4ccccc4C54c5ccccc5Oc5ccccc54)c3)N2)cc1. The molecule has 8 aromatic rings. The summed E-state index contributed by atoms with van der Waals surface area (Å²) in [5, 5.41) is 7.68. The minimum Gasteiger partial charge on any atom is -0.457 e. The van der Waals surface area contributed by atoms with Gasteiger partial charge < -0.3 is 10.1 Å². The van der Waals surface area contributed by atoms with Gasteiger partial charge in [-0.05, 0) is 73.8 Å². The van der Waals surface area contributed by atoms with E-state index >= 15 is 0 Å². The lowest BCUT2D eigenvalue weighted by Crippen LogP contribution is -2.45. The number of hydrogen-bond donors (Lipinski definition) is 2. The molecule has 2 aliphatic heterocycles. The van der Waals surface area contributed by atoms with Gasteiger partial charge >= 0.3 is 0 Å². The van der Waals surface area contributed by atoms with Crippen molar-refractivity contribution in [1.82, 2.24) is 10.6 Å². The first-order chi connectivity index (χ1) is 27.8. The van der Waals surface area contributed by atoms with Gasteiger partial charge in [0.25, 0.3) is 0 Å². The summed E-state index contributed by atoms with van der Waals surface area (Å²) in [5.74, 6) is 2.66. The number of amidine groups is 1. The lowest BCUT2D eigenvalue weighted by atomic mass is 9.66. The van der Waals surface area contributed by atoms with E-state index in [0.29, 0.717) is 0 Å². The maximum absolute atomic E-state index is 6.58. The zero-order valence-corrected chi connectivity index (χ0v) is 30.6. The van der Waals surface area contributed by atoms with Gasteiger partial charge in [-0.15, -0.1) is 0 Å². The van der Waals surface area contributed by atoms with Gasteiger partial charge in [-0.25, -0.2) is 4.99 Å². The Hall–Kier alpha value is -7.01. The monoisotopic (exact) mass is 719 g/mol. The Bertz CT molecular complexity index is 2760. The summed E-state index contributed by atoms with van der Waals surface area (Å²) in [6.07, 6.45) is -0.487. The molecule has 2 heterocycles. The number of nitrogens with one attached hydrogen (secondary N) is 2. The molecule has 0 bridgehead atoms. The van der Waals surface area contributed by atoms with Crippen molar-refractivity contribution in [1.29, 1.82) is 0 Å². The van der Waals surface area contributed by atoms with Crippen molar-refractivity contribution < 1.29 is 4.74 Å². The molecule has 0 radical (unpaired) electrons. The molecular formula is C52H37N3O. The molecule has 1 aliphatic carbocycles. The lowest BCUT2D eigenvalue weighted by molar-refractivity contribution is 0.409. The number of hydrogen-bond acceptors (Lipinski definition) is 4. The number of nitrogens with zero attached hydrogens (tertiary/aromatic N) is 1. The first-order valence-corrected chi connectivity index (χ1v) is 19.3. The lowest BCUT2D eigenvalue weighted by Gasteiger charge is -2.39. The molecule has 4 heteroatoms. The first-order valence-electron chi connectivity index (χ1n) is 19.3. The summed E-state index contributed by atoms with van der Waals surface area (Å²) < 4.78 is 6.58. The van der Waals surface area contributed by atoms with Crippen LogP contribution in [0.5, 0.6) is 11.5 Å². The Labute approximate surface area is 326 Å². The van der Waals surface area contributed by atoms with Gasteiger partial charge in [0.05, 0.1) is 5.41 Å². The van der Waals surface area contributed by atoms with E-state index in [0.717, 1.165) is 39.6 Å². The van der Waals surface area contributed by atoms with Crippen molar-refractivity contribution in [2.24, 2.45) is 4.99 Å².